The molecule has 0 amide bonds. The third kappa shape index (κ3) is 8.30. The highest BCUT2D eigenvalue weighted by molar-refractivity contribution is 6.01. The Morgan fingerprint density at radius 2 is 1.55 bits per heavy atom. The van der Waals surface area contributed by atoms with Gasteiger partial charge in [0, 0.05) is 12.5 Å². The van der Waals surface area contributed by atoms with Crippen LogP contribution in [0.25, 0.3) is 12.2 Å². The van der Waals surface area contributed by atoms with Gasteiger partial charge in [-0.1, -0.05) is 61.9 Å². The summed E-state index contributed by atoms with van der Waals surface area (Å²) in [6, 6.07) is 11.0. The Kier molecular flexibility index (Phi) is 9.88. The largest absolute Gasteiger partial charge is 0.508 e. The van der Waals surface area contributed by atoms with Gasteiger partial charge in [0.25, 0.3) is 0 Å². The molecule has 0 radical (unpaired) electrons. The maximum absolute atomic E-state index is 12.9. The Labute approximate surface area is 235 Å². The van der Waals surface area contributed by atoms with E-state index in [-0.39, 0.29) is 35.5 Å². The first kappa shape index (κ1) is 30.2. The molecule has 0 saturated carbocycles. The fourth-order valence-electron chi connectivity index (χ4n) is 4.46. The summed E-state index contributed by atoms with van der Waals surface area (Å²) in [7, 11) is 0. The van der Waals surface area contributed by atoms with Crippen LogP contribution < -0.4 is 4.74 Å². The number of Topliss-reactive ketones (excluding diaryl/α,β-unsaturated/α-hetero) is 1. The van der Waals surface area contributed by atoms with Crippen LogP contribution in [0.4, 0.5) is 0 Å². The first-order chi connectivity index (χ1) is 18.9. The van der Waals surface area contributed by atoms with E-state index >= 15 is 0 Å². The Balaban J connectivity index is 1.51. The average molecular weight is 545 g/mol. The zero-order valence-corrected chi connectivity index (χ0v) is 23.6. The van der Waals surface area contributed by atoms with E-state index in [4.69, 9.17) is 9.47 Å². The maximum atomic E-state index is 12.9. The Morgan fingerprint density at radius 1 is 0.950 bits per heavy atom. The number of allylic oxidation sites excluding steroid dienone is 5. The summed E-state index contributed by atoms with van der Waals surface area (Å²) in [6.07, 6.45) is 8.52. The van der Waals surface area contributed by atoms with E-state index in [2.05, 4.69) is 0 Å². The standard InChI is InChI=1S/C33H36O7/c1-6-21(2)7-14-28-22(3)32(38)29(20-33(28,4)5)40-31(37)16-15-30(36)39-27-12-10-23(11-13-27)8-9-24-17-25(34)19-26(35)18-24/h6-14,17-19,29,34-35H,15-16,20H2,1-5H3/b9-8+,14-7+,21-6+. The number of phenolic OH excluding ortho intramolecular Hbond substituents is 2. The highest BCUT2D eigenvalue weighted by Gasteiger charge is 2.39. The molecule has 7 heteroatoms. The lowest BCUT2D eigenvalue weighted by molar-refractivity contribution is -0.157. The molecule has 1 aliphatic carbocycles. The number of ketones is 1. The van der Waals surface area contributed by atoms with Gasteiger partial charge in [0.05, 0.1) is 12.8 Å². The third-order valence-corrected chi connectivity index (χ3v) is 6.77. The number of carbonyl (C=O) groups excluding carboxylic acids is 3. The van der Waals surface area contributed by atoms with Gasteiger partial charge < -0.3 is 19.7 Å². The smallest absolute Gasteiger partial charge is 0.311 e. The number of esters is 2. The molecule has 2 aromatic rings. The predicted molar refractivity (Wildman–Crippen MR) is 155 cm³/mol. The first-order valence-electron chi connectivity index (χ1n) is 13.2. The lowest BCUT2D eigenvalue weighted by Gasteiger charge is -2.36. The second-order valence-electron chi connectivity index (χ2n) is 10.5. The normalized spacial score (nSPS) is 17.5. The minimum Gasteiger partial charge on any atom is -0.508 e. The number of hydrogen-bond donors (Lipinski definition) is 2. The molecule has 40 heavy (non-hydrogen) atoms. The van der Waals surface area contributed by atoms with E-state index in [1.807, 2.05) is 45.9 Å². The molecule has 3 rings (SSSR count). The van der Waals surface area contributed by atoms with Crippen molar-refractivity contribution in [2.24, 2.45) is 5.41 Å². The van der Waals surface area contributed by atoms with Crippen LogP contribution in [0.1, 0.15) is 65.0 Å². The second-order valence-corrected chi connectivity index (χ2v) is 10.5. The number of rotatable bonds is 9. The van der Waals surface area contributed by atoms with Crippen LogP contribution in [0.15, 0.2) is 77.4 Å². The molecule has 0 spiro atoms. The van der Waals surface area contributed by atoms with Crippen LogP contribution in [0.3, 0.4) is 0 Å². The molecule has 0 aromatic heterocycles. The number of aromatic hydroxyl groups is 2. The van der Waals surface area contributed by atoms with Crippen molar-refractivity contribution >= 4 is 29.9 Å². The molecular formula is C33H36O7. The van der Waals surface area contributed by atoms with E-state index in [0.29, 0.717) is 23.3 Å². The van der Waals surface area contributed by atoms with Gasteiger partial charge in [-0.3, -0.25) is 14.4 Å². The van der Waals surface area contributed by atoms with Crippen LogP contribution in [-0.2, 0) is 19.1 Å². The van der Waals surface area contributed by atoms with E-state index < -0.39 is 18.0 Å². The molecule has 1 aliphatic rings. The summed E-state index contributed by atoms with van der Waals surface area (Å²) in [5.74, 6) is -1.18. The van der Waals surface area contributed by atoms with E-state index in [0.717, 1.165) is 16.7 Å². The zero-order chi connectivity index (χ0) is 29.4. The Hall–Kier alpha value is -4.39. The molecule has 0 saturated heterocycles. The molecule has 1 unspecified atom stereocenters. The lowest BCUT2D eigenvalue weighted by Crippen LogP contribution is -2.39. The Bertz CT molecular complexity index is 1370. The van der Waals surface area contributed by atoms with E-state index in [1.165, 1.54) is 18.2 Å². The molecule has 1 atom stereocenters. The molecule has 0 bridgehead atoms. The number of benzene rings is 2. The van der Waals surface area contributed by atoms with Gasteiger partial charge in [0.15, 0.2) is 11.9 Å². The highest BCUT2D eigenvalue weighted by atomic mass is 16.5. The topological polar surface area (TPSA) is 110 Å². The molecule has 2 aromatic carbocycles. The van der Waals surface area contributed by atoms with Crippen LogP contribution in [-0.4, -0.2) is 34.0 Å². The molecule has 0 aliphatic heterocycles. The summed E-state index contributed by atoms with van der Waals surface area (Å²) < 4.78 is 10.8. The molecule has 2 N–H and O–H groups in total. The molecule has 7 nitrogen and oxygen atoms in total. The summed E-state index contributed by atoms with van der Waals surface area (Å²) in [5.41, 5.74) is 3.66. The Morgan fingerprint density at radius 3 is 2.17 bits per heavy atom. The van der Waals surface area contributed by atoms with Crippen molar-refractivity contribution in [3.05, 3.63) is 88.5 Å². The zero-order valence-electron chi connectivity index (χ0n) is 23.6. The SMILES string of the molecule is C/C=C(C)/C=C/C1=C(C)C(=O)C(OC(=O)CCC(=O)Oc2ccc(/C=C/c3cc(O)cc(O)c3)cc2)CC1(C)C. The van der Waals surface area contributed by atoms with Gasteiger partial charge in [0.2, 0.25) is 0 Å². The van der Waals surface area contributed by atoms with Crippen LogP contribution in [0, 0.1) is 5.41 Å². The van der Waals surface area contributed by atoms with Crippen molar-refractivity contribution in [3.8, 4) is 17.2 Å². The monoisotopic (exact) mass is 544 g/mol. The highest BCUT2D eigenvalue weighted by Crippen LogP contribution is 2.41. The van der Waals surface area contributed by atoms with Gasteiger partial charge in [0.1, 0.15) is 17.2 Å². The molecule has 0 heterocycles. The molecule has 0 fully saturated rings. The van der Waals surface area contributed by atoms with Crippen molar-refractivity contribution in [2.75, 3.05) is 0 Å². The van der Waals surface area contributed by atoms with Crippen molar-refractivity contribution < 1.29 is 34.1 Å². The first-order valence-corrected chi connectivity index (χ1v) is 13.2. The van der Waals surface area contributed by atoms with Crippen LogP contribution in [0.5, 0.6) is 17.2 Å². The minimum absolute atomic E-state index is 0.0378. The lowest BCUT2D eigenvalue weighted by atomic mass is 9.71. The fraction of sp³-hybridized carbons (Fsp3) is 0.303. The van der Waals surface area contributed by atoms with E-state index in [1.54, 1.807) is 43.3 Å². The van der Waals surface area contributed by atoms with Gasteiger partial charge in [-0.25, -0.2) is 0 Å². The van der Waals surface area contributed by atoms with Crippen LogP contribution >= 0.6 is 0 Å². The minimum atomic E-state index is -0.886. The van der Waals surface area contributed by atoms with Crippen LogP contribution in [0.2, 0.25) is 0 Å². The quantitative estimate of drug-likeness (QED) is 0.156. The summed E-state index contributed by atoms with van der Waals surface area (Å²) in [4.78, 5) is 37.7. The number of ether oxygens (including phenoxy) is 2. The molecule has 210 valence electrons. The fourth-order valence-corrected chi connectivity index (χ4v) is 4.46. The van der Waals surface area contributed by atoms with Gasteiger partial charge in [-0.05, 0) is 72.7 Å². The van der Waals surface area contributed by atoms with Gasteiger partial charge in [-0.2, -0.15) is 0 Å². The summed E-state index contributed by atoms with van der Waals surface area (Å²) >= 11 is 0. The van der Waals surface area contributed by atoms with Crippen molar-refractivity contribution in [1.29, 1.82) is 0 Å². The third-order valence-electron chi connectivity index (χ3n) is 6.77. The van der Waals surface area contributed by atoms with Crippen molar-refractivity contribution in [1.82, 2.24) is 0 Å². The average Bonchev–Trinajstić information content (AvgIpc) is 2.89. The van der Waals surface area contributed by atoms with Crippen molar-refractivity contribution in [2.45, 2.75) is 60.0 Å². The number of carbonyl (C=O) groups is 3. The predicted octanol–water partition coefficient (Wildman–Crippen LogP) is 6.70. The summed E-state index contributed by atoms with van der Waals surface area (Å²) in [6.45, 7) is 9.73. The van der Waals surface area contributed by atoms with E-state index in [9.17, 15) is 24.6 Å². The van der Waals surface area contributed by atoms with Gasteiger partial charge >= 0.3 is 11.9 Å². The van der Waals surface area contributed by atoms with Gasteiger partial charge in [-0.15, -0.1) is 0 Å². The molecular weight excluding hydrogens is 508 g/mol. The number of phenols is 2. The maximum Gasteiger partial charge on any atom is 0.311 e. The van der Waals surface area contributed by atoms with Crippen molar-refractivity contribution in [3.63, 3.8) is 0 Å². The second kappa shape index (κ2) is 13.1. The summed E-state index contributed by atoms with van der Waals surface area (Å²) in [5, 5.41) is 19.1. The number of hydrogen-bond acceptors (Lipinski definition) is 7.